The van der Waals surface area contributed by atoms with Crippen molar-refractivity contribution in [1.29, 1.82) is 0 Å². The van der Waals surface area contributed by atoms with E-state index >= 15 is 0 Å². The molecule has 1 aromatic rings. The molecule has 0 aliphatic heterocycles. The Bertz CT molecular complexity index is 524. The van der Waals surface area contributed by atoms with Crippen molar-refractivity contribution in [2.75, 3.05) is 18.6 Å². The fourth-order valence-electron chi connectivity index (χ4n) is 1.90. The zero-order valence-corrected chi connectivity index (χ0v) is 14.1. The molecule has 110 valence electrons. The molecule has 0 N–H and O–H groups in total. The van der Waals surface area contributed by atoms with E-state index in [2.05, 4.69) is 0 Å². The van der Waals surface area contributed by atoms with Crippen LogP contribution < -0.4 is 0 Å². The van der Waals surface area contributed by atoms with Crippen LogP contribution in [0.3, 0.4) is 0 Å². The quantitative estimate of drug-likeness (QED) is 0.541. The second-order valence-corrected chi connectivity index (χ2v) is 8.18. The van der Waals surface area contributed by atoms with Gasteiger partial charge in [-0.05, 0) is 30.1 Å². The van der Waals surface area contributed by atoms with E-state index in [4.69, 9.17) is 27.9 Å². The van der Waals surface area contributed by atoms with Gasteiger partial charge in [-0.3, -0.25) is 9.59 Å². The number of carbonyl (C=O) groups excluding carboxylic acids is 2. The van der Waals surface area contributed by atoms with Crippen LogP contribution in [-0.2, 0) is 9.53 Å². The van der Waals surface area contributed by atoms with E-state index in [0.29, 0.717) is 26.4 Å². The summed E-state index contributed by atoms with van der Waals surface area (Å²) in [5, 5.41) is 0. The van der Waals surface area contributed by atoms with Crippen LogP contribution >= 0.6 is 46.3 Å². The number of hydrogen-bond acceptors (Lipinski definition) is 5. The van der Waals surface area contributed by atoms with Crippen LogP contribution in [0.2, 0.25) is 8.67 Å². The average molecular weight is 353 g/mol. The molecular weight excluding hydrogens is 339 g/mol. The van der Waals surface area contributed by atoms with Crippen LogP contribution in [0.25, 0.3) is 0 Å². The molecule has 0 aromatic carbocycles. The molecule has 1 heterocycles. The van der Waals surface area contributed by atoms with Gasteiger partial charge in [0.25, 0.3) is 0 Å². The van der Waals surface area contributed by atoms with Crippen LogP contribution in [-0.4, -0.2) is 30.4 Å². The summed E-state index contributed by atoms with van der Waals surface area (Å²) in [6.07, 6.45) is 2.48. The van der Waals surface area contributed by atoms with Crippen LogP contribution in [0.5, 0.6) is 0 Å². The molecule has 0 spiro atoms. The van der Waals surface area contributed by atoms with Crippen LogP contribution in [0.15, 0.2) is 6.07 Å². The number of esters is 1. The van der Waals surface area contributed by atoms with Gasteiger partial charge in [-0.25, -0.2) is 0 Å². The average Bonchev–Trinajstić information content (AvgIpc) is 3.06. The largest absolute Gasteiger partial charge is 0.469 e. The fourth-order valence-corrected chi connectivity index (χ4v) is 4.66. The summed E-state index contributed by atoms with van der Waals surface area (Å²) in [6.45, 7) is 0. The number of ketones is 1. The maximum absolute atomic E-state index is 12.0. The minimum absolute atomic E-state index is 0.0166. The highest BCUT2D eigenvalue weighted by molar-refractivity contribution is 8.00. The summed E-state index contributed by atoms with van der Waals surface area (Å²) in [5.41, 5.74) is 0.528. The van der Waals surface area contributed by atoms with Crippen LogP contribution in [0.4, 0.5) is 0 Å². The van der Waals surface area contributed by atoms with E-state index < -0.39 is 0 Å². The topological polar surface area (TPSA) is 43.4 Å². The summed E-state index contributed by atoms with van der Waals surface area (Å²) >= 11 is 14.5. The molecule has 20 heavy (non-hydrogen) atoms. The maximum Gasteiger partial charge on any atom is 0.306 e. The Balaban J connectivity index is 1.80. The van der Waals surface area contributed by atoms with E-state index in [-0.39, 0.29) is 17.2 Å². The predicted molar refractivity (Wildman–Crippen MR) is 84.3 cm³/mol. The number of halogens is 2. The Kier molecular flexibility index (Phi) is 5.40. The molecule has 0 saturated heterocycles. The number of hydrogen-bond donors (Lipinski definition) is 0. The summed E-state index contributed by atoms with van der Waals surface area (Å²) < 4.78 is 5.66. The lowest BCUT2D eigenvalue weighted by Gasteiger charge is -2.12. The Morgan fingerprint density at radius 2 is 2.15 bits per heavy atom. The van der Waals surface area contributed by atoms with Crippen molar-refractivity contribution in [1.82, 2.24) is 0 Å². The third kappa shape index (κ3) is 4.13. The summed E-state index contributed by atoms with van der Waals surface area (Å²) in [6, 6.07) is 1.61. The van der Waals surface area contributed by atoms with Crippen molar-refractivity contribution in [3.05, 3.63) is 20.3 Å². The highest BCUT2D eigenvalue weighted by Gasteiger charge is 2.44. The smallest absolute Gasteiger partial charge is 0.306 e. The zero-order valence-electron chi connectivity index (χ0n) is 10.9. The van der Waals surface area contributed by atoms with Crippen molar-refractivity contribution in [3.8, 4) is 0 Å². The highest BCUT2D eigenvalue weighted by Crippen LogP contribution is 2.51. The molecule has 1 aliphatic rings. The molecule has 1 fully saturated rings. The molecule has 7 heteroatoms. The van der Waals surface area contributed by atoms with Gasteiger partial charge in [-0.1, -0.05) is 23.2 Å². The Hall–Kier alpha value is -0.230. The van der Waals surface area contributed by atoms with Gasteiger partial charge in [0.15, 0.2) is 5.78 Å². The molecule has 0 unspecified atom stereocenters. The van der Waals surface area contributed by atoms with Gasteiger partial charge >= 0.3 is 5.97 Å². The summed E-state index contributed by atoms with van der Waals surface area (Å²) in [7, 11) is 1.40. The molecule has 1 saturated carbocycles. The monoisotopic (exact) mass is 352 g/mol. The van der Waals surface area contributed by atoms with Gasteiger partial charge in [0.1, 0.15) is 4.34 Å². The first kappa shape index (κ1) is 16.1. The molecule has 0 atom stereocenters. The minimum atomic E-state index is -0.179. The van der Waals surface area contributed by atoms with Crippen molar-refractivity contribution in [3.63, 3.8) is 0 Å². The molecule has 0 radical (unpaired) electrons. The van der Waals surface area contributed by atoms with Gasteiger partial charge in [-0.2, -0.15) is 11.8 Å². The van der Waals surface area contributed by atoms with Crippen molar-refractivity contribution in [2.24, 2.45) is 5.41 Å². The van der Waals surface area contributed by atoms with Crippen molar-refractivity contribution < 1.29 is 14.3 Å². The zero-order chi connectivity index (χ0) is 14.8. The number of thiophene rings is 1. The molecular formula is C13H14Cl2O3S2. The number of methoxy groups -OCH3 is 1. The SMILES string of the molecule is COC(=O)CC1(CSCC(=O)c2cc(Cl)sc2Cl)CC1. The van der Waals surface area contributed by atoms with E-state index in [1.807, 2.05) is 0 Å². The lowest BCUT2D eigenvalue weighted by molar-refractivity contribution is -0.141. The highest BCUT2D eigenvalue weighted by atomic mass is 35.5. The number of thioether (sulfide) groups is 1. The number of rotatable bonds is 7. The number of carbonyl (C=O) groups is 2. The first-order chi connectivity index (χ1) is 9.46. The fraction of sp³-hybridized carbons (Fsp3) is 0.538. The van der Waals surface area contributed by atoms with Gasteiger partial charge in [0, 0.05) is 5.56 Å². The Morgan fingerprint density at radius 3 is 2.65 bits per heavy atom. The molecule has 1 aromatic heterocycles. The van der Waals surface area contributed by atoms with Crippen LogP contribution in [0.1, 0.15) is 29.6 Å². The van der Waals surface area contributed by atoms with Gasteiger partial charge in [0.05, 0.1) is 23.6 Å². The lowest BCUT2D eigenvalue weighted by Crippen LogP contribution is -2.14. The molecule has 3 nitrogen and oxygen atoms in total. The van der Waals surface area contributed by atoms with E-state index in [1.54, 1.807) is 17.8 Å². The minimum Gasteiger partial charge on any atom is -0.469 e. The summed E-state index contributed by atoms with van der Waals surface area (Å²) in [4.78, 5) is 23.3. The first-order valence-corrected chi connectivity index (χ1v) is 8.81. The third-order valence-corrected chi connectivity index (χ3v) is 6.07. The standard InChI is InChI=1S/C13H14Cl2O3S2/c1-18-11(17)5-13(2-3-13)7-19-6-9(16)8-4-10(14)20-12(8)15/h4H,2-3,5-7H2,1H3. The van der Waals surface area contributed by atoms with E-state index in [0.717, 1.165) is 18.6 Å². The van der Waals surface area contributed by atoms with E-state index in [1.165, 1.54) is 18.4 Å². The van der Waals surface area contributed by atoms with Crippen molar-refractivity contribution in [2.45, 2.75) is 19.3 Å². The number of ether oxygens (including phenoxy) is 1. The van der Waals surface area contributed by atoms with Gasteiger partial charge in [0.2, 0.25) is 0 Å². The predicted octanol–water partition coefficient (Wildman–Crippen LogP) is 4.31. The Labute approximate surface area is 136 Å². The van der Waals surface area contributed by atoms with Crippen molar-refractivity contribution >= 4 is 58.1 Å². The lowest BCUT2D eigenvalue weighted by atomic mass is 10.1. The normalized spacial score (nSPS) is 15.9. The molecule has 0 bridgehead atoms. The number of Topliss-reactive ketones (excluding diaryl/α,β-unsaturated/α-hetero) is 1. The summed E-state index contributed by atoms with van der Waals surface area (Å²) in [5.74, 6) is 0.957. The maximum atomic E-state index is 12.0. The molecule has 0 amide bonds. The first-order valence-electron chi connectivity index (χ1n) is 6.08. The van der Waals surface area contributed by atoms with Crippen LogP contribution in [0, 0.1) is 5.41 Å². The second-order valence-electron chi connectivity index (χ2n) is 4.91. The van der Waals surface area contributed by atoms with Gasteiger partial charge in [-0.15, -0.1) is 11.3 Å². The van der Waals surface area contributed by atoms with Gasteiger partial charge < -0.3 is 4.74 Å². The third-order valence-electron chi connectivity index (χ3n) is 3.30. The van der Waals surface area contributed by atoms with E-state index in [9.17, 15) is 9.59 Å². The molecule has 1 aliphatic carbocycles. The second kappa shape index (κ2) is 6.69. The molecule has 2 rings (SSSR count). The Morgan fingerprint density at radius 1 is 1.45 bits per heavy atom.